The van der Waals surface area contributed by atoms with E-state index in [0.29, 0.717) is 0 Å². The van der Waals surface area contributed by atoms with Gasteiger partial charge in [-0.2, -0.15) is 5.26 Å². The molecule has 0 aliphatic heterocycles. The van der Waals surface area contributed by atoms with E-state index in [-0.39, 0.29) is 83.8 Å². The first-order chi connectivity index (χ1) is 16.1. The van der Waals surface area contributed by atoms with Gasteiger partial charge in [0.2, 0.25) is 0 Å². The van der Waals surface area contributed by atoms with E-state index in [1.165, 1.54) is 0 Å². The molecule has 0 aromatic rings. The SMILES string of the molecule is CC1(C)CC[C@]2([C-]=O)CC[C@]3(C)C(C(=O)C=C4[C@@]5(C)C=C(C#N)C(=O)C(C)(C)C5CC[C@]43C)C2C1.[Y]. The fraction of sp³-hybridized carbons (Fsp3) is 0.742. The van der Waals surface area contributed by atoms with Crippen molar-refractivity contribution < 1.29 is 47.1 Å². The van der Waals surface area contributed by atoms with Crippen molar-refractivity contribution in [2.75, 3.05) is 0 Å². The van der Waals surface area contributed by atoms with E-state index in [1.807, 2.05) is 26.0 Å². The minimum Gasteiger partial charge on any atom is -0.541 e. The molecule has 3 fully saturated rings. The van der Waals surface area contributed by atoms with Crippen LogP contribution in [0.3, 0.4) is 0 Å². The molecule has 0 bridgehead atoms. The Bertz CT molecular complexity index is 1140. The average molecular weight is 564 g/mol. The predicted octanol–water partition coefficient (Wildman–Crippen LogP) is 6.31. The Hall–Kier alpha value is -0.916. The summed E-state index contributed by atoms with van der Waals surface area (Å²) in [6.45, 7) is 15.3. The molecule has 36 heavy (non-hydrogen) atoms. The van der Waals surface area contributed by atoms with E-state index in [9.17, 15) is 19.6 Å². The van der Waals surface area contributed by atoms with Crippen molar-refractivity contribution >= 4 is 17.9 Å². The number of carbonyl (C=O) groups excluding carboxylic acids is 3. The van der Waals surface area contributed by atoms with Gasteiger partial charge in [0.25, 0.3) is 0 Å². The first-order valence-corrected chi connectivity index (χ1v) is 13.5. The van der Waals surface area contributed by atoms with Crippen LogP contribution in [0, 0.1) is 61.6 Å². The van der Waals surface area contributed by atoms with Crippen molar-refractivity contribution in [1.29, 1.82) is 5.26 Å². The van der Waals surface area contributed by atoms with E-state index in [0.717, 1.165) is 50.5 Å². The normalized spacial score (nSPS) is 46.3. The Kier molecular flexibility index (Phi) is 6.47. The van der Waals surface area contributed by atoms with Crippen LogP contribution in [0.2, 0.25) is 0 Å². The maximum atomic E-state index is 14.2. The molecule has 0 saturated heterocycles. The summed E-state index contributed by atoms with van der Waals surface area (Å²) >= 11 is 0. The van der Waals surface area contributed by atoms with Crippen LogP contribution in [0.5, 0.6) is 0 Å². The Morgan fingerprint density at radius 1 is 0.972 bits per heavy atom. The van der Waals surface area contributed by atoms with E-state index in [1.54, 1.807) is 0 Å². The van der Waals surface area contributed by atoms with Crippen molar-refractivity contribution in [2.24, 2.45) is 50.2 Å². The van der Waals surface area contributed by atoms with Gasteiger partial charge < -0.3 is 4.79 Å². The Balaban J connectivity index is 0.00000304. The van der Waals surface area contributed by atoms with E-state index >= 15 is 0 Å². The molecule has 5 aliphatic carbocycles. The number of rotatable bonds is 1. The standard InChI is InChI=1S/C31H40NO3.Y/c1-26(2)10-12-31(18-33)13-11-30(7)24(20(31)16-26)21(34)14-23-28(5)15-19(17-32)25(35)27(3,4)22(28)8-9-29(23,30)6;/h14-15,20,22,24H,8-13,16H2,1-7H3;/q-1;/t20?,22?,24?,28-,29+,30+,31+;/m0./s1. The van der Waals surface area contributed by atoms with Crippen molar-refractivity contribution in [2.45, 2.75) is 93.4 Å². The fourth-order valence-electron chi connectivity index (χ4n) is 9.81. The van der Waals surface area contributed by atoms with E-state index in [2.05, 4.69) is 47.0 Å². The number of hydrogen-bond acceptors (Lipinski definition) is 4. The largest absolute Gasteiger partial charge is 0.541 e. The second-order valence-corrected chi connectivity index (χ2v) is 14.5. The summed E-state index contributed by atoms with van der Waals surface area (Å²) < 4.78 is 0. The van der Waals surface area contributed by atoms with Gasteiger partial charge in [-0.3, -0.25) is 15.9 Å². The Morgan fingerprint density at radius 3 is 2.22 bits per heavy atom. The molecule has 7 atom stereocenters. The molecule has 0 spiro atoms. The number of allylic oxidation sites excluding steroid dienone is 4. The molecule has 5 heteroatoms. The number of carbonyl (C=O) groups is 2. The zero-order chi connectivity index (χ0) is 25.8. The van der Waals surface area contributed by atoms with Crippen LogP contribution in [-0.2, 0) is 47.1 Å². The minimum absolute atomic E-state index is 0. The molecule has 3 saturated carbocycles. The van der Waals surface area contributed by atoms with Gasteiger partial charge in [0, 0.05) is 49.5 Å². The van der Waals surface area contributed by atoms with Crippen LogP contribution in [0.1, 0.15) is 93.4 Å². The molecular weight excluding hydrogens is 523 g/mol. The number of nitriles is 1. The van der Waals surface area contributed by atoms with Crippen molar-refractivity contribution in [3.63, 3.8) is 0 Å². The van der Waals surface area contributed by atoms with Crippen molar-refractivity contribution in [1.82, 2.24) is 0 Å². The van der Waals surface area contributed by atoms with Gasteiger partial charge in [0.1, 0.15) is 6.07 Å². The van der Waals surface area contributed by atoms with Gasteiger partial charge in [-0.1, -0.05) is 73.0 Å². The van der Waals surface area contributed by atoms with E-state index < -0.39 is 16.2 Å². The van der Waals surface area contributed by atoms with Gasteiger partial charge in [-0.05, 0) is 66.3 Å². The van der Waals surface area contributed by atoms with Gasteiger partial charge in [-0.25, -0.2) is 0 Å². The van der Waals surface area contributed by atoms with Crippen LogP contribution < -0.4 is 0 Å². The molecule has 3 unspecified atom stereocenters. The number of nitrogens with zero attached hydrogens (tertiary/aromatic N) is 1. The summed E-state index contributed by atoms with van der Waals surface area (Å²) in [4.78, 5) is 39.8. The molecule has 0 N–H and O–H groups in total. The third-order valence-electron chi connectivity index (χ3n) is 12.1. The van der Waals surface area contributed by atoms with Crippen LogP contribution in [-0.4, -0.2) is 17.9 Å². The molecule has 1 radical (unpaired) electrons. The molecule has 0 aromatic heterocycles. The van der Waals surface area contributed by atoms with E-state index in [4.69, 9.17) is 0 Å². The second-order valence-electron chi connectivity index (χ2n) is 14.5. The summed E-state index contributed by atoms with van der Waals surface area (Å²) in [6.07, 6.45) is 12.4. The molecular formula is C31H40NO3Y-. The van der Waals surface area contributed by atoms with Crippen LogP contribution in [0.4, 0.5) is 0 Å². The van der Waals surface area contributed by atoms with Crippen LogP contribution in [0.25, 0.3) is 0 Å². The first kappa shape index (κ1) is 28.1. The molecule has 0 heterocycles. The number of hydrogen-bond donors (Lipinski definition) is 0. The van der Waals surface area contributed by atoms with Crippen LogP contribution in [0.15, 0.2) is 23.3 Å². The Labute approximate surface area is 242 Å². The van der Waals surface area contributed by atoms with Crippen molar-refractivity contribution in [3.05, 3.63) is 23.3 Å². The Morgan fingerprint density at radius 2 is 1.61 bits per heavy atom. The third kappa shape index (κ3) is 3.33. The molecule has 191 valence electrons. The molecule has 5 rings (SSSR count). The molecule has 4 nitrogen and oxygen atoms in total. The zero-order valence-corrected chi connectivity index (χ0v) is 25.9. The summed E-state index contributed by atoms with van der Waals surface area (Å²) in [6, 6.07) is 2.17. The quantitative estimate of drug-likeness (QED) is 0.351. The maximum absolute atomic E-state index is 14.2. The first-order valence-electron chi connectivity index (χ1n) is 13.5. The van der Waals surface area contributed by atoms with Crippen molar-refractivity contribution in [3.8, 4) is 6.07 Å². The van der Waals surface area contributed by atoms with Gasteiger partial charge in [0.15, 0.2) is 11.6 Å². The third-order valence-corrected chi connectivity index (χ3v) is 12.1. The van der Waals surface area contributed by atoms with Gasteiger partial charge in [-0.15, -0.1) is 5.41 Å². The average Bonchev–Trinajstić information content (AvgIpc) is 2.77. The summed E-state index contributed by atoms with van der Waals surface area (Å²) in [7, 11) is 0. The minimum atomic E-state index is -0.654. The predicted molar refractivity (Wildman–Crippen MR) is 135 cm³/mol. The number of ketones is 2. The zero-order valence-electron chi connectivity index (χ0n) is 23.1. The number of Topliss-reactive ketones (excluding diaryl/α,β-unsaturated/α-hetero) is 1. The fourth-order valence-corrected chi connectivity index (χ4v) is 9.81. The van der Waals surface area contributed by atoms with Gasteiger partial charge >= 0.3 is 0 Å². The molecule has 5 aliphatic rings. The number of fused-ring (bicyclic) bond motifs is 7. The van der Waals surface area contributed by atoms with Gasteiger partial charge in [0.05, 0.1) is 5.57 Å². The second kappa shape index (κ2) is 8.29. The van der Waals surface area contributed by atoms with Crippen LogP contribution >= 0.6 is 0 Å². The maximum Gasteiger partial charge on any atom is 0.178 e. The summed E-state index contributed by atoms with van der Waals surface area (Å²) in [5, 5.41) is 9.82. The molecule has 0 aromatic carbocycles. The monoisotopic (exact) mass is 563 g/mol. The summed E-state index contributed by atoms with van der Waals surface area (Å²) in [5.74, 6) is -0.0585. The smallest absolute Gasteiger partial charge is 0.178 e. The summed E-state index contributed by atoms with van der Waals surface area (Å²) in [5.41, 5.74) is -0.744. The topological polar surface area (TPSA) is 75.0 Å². The molecule has 0 amide bonds.